The van der Waals surface area contributed by atoms with E-state index in [0.29, 0.717) is 5.82 Å². The van der Waals surface area contributed by atoms with Crippen molar-refractivity contribution >= 4 is 11.7 Å². The summed E-state index contributed by atoms with van der Waals surface area (Å²) in [7, 11) is 1.89. The molecule has 5 nitrogen and oxygen atoms in total. The van der Waals surface area contributed by atoms with Gasteiger partial charge in [0.05, 0.1) is 12.6 Å². The summed E-state index contributed by atoms with van der Waals surface area (Å²) in [4.78, 5) is 18.2. The second-order valence-corrected chi connectivity index (χ2v) is 5.55. The number of likely N-dealkylation sites (N-methyl/N-ethyl adjacent to an activating group) is 1. The Morgan fingerprint density at radius 1 is 1.45 bits per heavy atom. The molecule has 0 bridgehead atoms. The van der Waals surface area contributed by atoms with E-state index in [4.69, 9.17) is 0 Å². The highest BCUT2D eigenvalue weighted by Crippen LogP contribution is 2.22. The Balaban J connectivity index is 1.87. The van der Waals surface area contributed by atoms with Gasteiger partial charge >= 0.3 is 0 Å². The Morgan fingerprint density at radius 3 is 2.90 bits per heavy atom. The third-order valence-electron chi connectivity index (χ3n) is 3.81. The molecule has 0 radical (unpaired) electrons. The summed E-state index contributed by atoms with van der Waals surface area (Å²) in [6.07, 6.45) is 3.65. The lowest BCUT2D eigenvalue weighted by Gasteiger charge is -2.34. The SMILES string of the molecule is Cc1cccc(NC(=O)CN(C)C2CCCCC2O)n1. The predicted molar refractivity (Wildman–Crippen MR) is 78.5 cm³/mol. The average Bonchev–Trinajstić information content (AvgIpc) is 2.38. The summed E-state index contributed by atoms with van der Waals surface area (Å²) < 4.78 is 0. The van der Waals surface area contributed by atoms with Gasteiger partial charge < -0.3 is 10.4 Å². The van der Waals surface area contributed by atoms with Gasteiger partial charge in [-0.3, -0.25) is 9.69 Å². The highest BCUT2D eigenvalue weighted by molar-refractivity contribution is 5.91. The van der Waals surface area contributed by atoms with Crippen molar-refractivity contribution in [2.45, 2.75) is 44.8 Å². The molecule has 20 heavy (non-hydrogen) atoms. The first-order valence-electron chi connectivity index (χ1n) is 7.18. The van der Waals surface area contributed by atoms with Crippen LogP contribution in [0.25, 0.3) is 0 Å². The number of rotatable bonds is 4. The fourth-order valence-electron chi connectivity index (χ4n) is 2.74. The van der Waals surface area contributed by atoms with Crippen molar-refractivity contribution in [1.29, 1.82) is 0 Å². The van der Waals surface area contributed by atoms with Crippen LogP contribution in [0.15, 0.2) is 18.2 Å². The summed E-state index contributed by atoms with van der Waals surface area (Å²) in [5.41, 5.74) is 0.874. The van der Waals surface area contributed by atoms with Crippen LogP contribution in [0.5, 0.6) is 0 Å². The number of aliphatic hydroxyl groups excluding tert-OH is 1. The van der Waals surface area contributed by atoms with Crippen LogP contribution in [0.1, 0.15) is 31.4 Å². The Hall–Kier alpha value is -1.46. The van der Waals surface area contributed by atoms with Gasteiger partial charge in [0, 0.05) is 11.7 Å². The topological polar surface area (TPSA) is 65.5 Å². The molecule has 2 N–H and O–H groups in total. The first kappa shape index (κ1) is 14.9. The van der Waals surface area contributed by atoms with Gasteiger partial charge in [0.2, 0.25) is 5.91 Å². The molecule has 1 amide bonds. The molecule has 2 rings (SSSR count). The molecule has 1 aromatic rings. The minimum Gasteiger partial charge on any atom is -0.391 e. The van der Waals surface area contributed by atoms with Gasteiger partial charge in [0.25, 0.3) is 0 Å². The molecule has 0 spiro atoms. The smallest absolute Gasteiger partial charge is 0.239 e. The van der Waals surface area contributed by atoms with Crippen LogP contribution in [-0.4, -0.2) is 46.6 Å². The van der Waals surface area contributed by atoms with Crippen LogP contribution in [-0.2, 0) is 4.79 Å². The fourth-order valence-corrected chi connectivity index (χ4v) is 2.74. The number of aryl methyl sites for hydroxylation is 1. The number of nitrogens with one attached hydrogen (secondary N) is 1. The van der Waals surface area contributed by atoms with E-state index in [0.717, 1.165) is 31.4 Å². The molecule has 1 aliphatic rings. The number of hydrogen-bond acceptors (Lipinski definition) is 4. The molecule has 110 valence electrons. The van der Waals surface area contributed by atoms with Crippen molar-refractivity contribution in [2.75, 3.05) is 18.9 Å². The average molecular weight is 277 g/mol. The third-order valence-corrected chi connectivity index (χ3v) is 3.81. The van der Waals surface area contributed by atoms with Crippen LogP contribution < -0.4 is 5.32 Å². The second kappa shape index (κ2) is 6.81. The van der Waals surface area contributed by atoms with E-state index in [1.54, 1.807) is 6.07 Å². The zero-order valence-electron chi connectivity index (χ0n) is 12.2. The molecule has 1 fully saturated rings. The molecule has 1 aliphatic carbocycles. The minimum absolute atomic E-state index is 0.0833. The van der Waals surface area contributed by atoms with E-state index < -0.39 is 0 Å². The third kappa shape index (κ3) is 4.02. The zero-order valence-corrected chi connectivity index (χ0v) is 12.2. The van der Waals surface area contributed by atoms with E-state index in [1.807, 2.05) is 31.0 Å². The quantitative estimate of drug-likeness (QED) is 0.876. The minimum atomic E-state index is -0.321. The molecular weight excluding hydrogens is 254 g/mol. The number of pyridine rings is 1. The molecular formula is C15H23N3O2. The van der Waals surface area contributed by atoms with Crippen LogP contribution in [0.4, 0.5) is 5.82 Å². The number of aromatic nitrogens is 1. The van der Waals surface area contributed by atoms with Crippen LogP contribution in [0, 0.1) is 6.92 Å². The first-order chi connectivity index (χ1) is 9.56. The highest BCUT2D eigenvalue weighted by atomic mass is 16.3. The highest BCUT2D eigenvalue weighted by Gasteiger charge is 2.27. The maximum atomic E-state index is 12.0. The van der Waals surface area contributed by atoms with E-state index >= 15 is 0 Å². The number of hydrogen-bond donors (Lipinski definition) is 2. The Labute approximate surface area is 120 Å². The normalized spacial score (nSPS) is 22.8. The molecule has 0 aliphatic heterocycles. The van der Waals surface area contributed by atoms with Crippen molar-refractivity contribution in [3.8, 4) is 0 Å². The fraction of sp³-hybridized carbons (Fsp3) is 0.600. The van der Waals surface area contributed by atoms with Crippen molar-refractivity contribution in [3.63, 3.8) is 0 Å². The molecule has 1 aromatic heterocycles. The Kier molecular flexibility index (Phi) is 5.09. The lowest BCUT2D eigenvalue weighted by atomic mass is 9.91. The van der Waals surface area contributed by atoms with E-state index in [2.05, 4.69) is 10.3 Å². The Bertz CT molecular complexity index is 464. The molecule has 2 unspecified atom stereocenters. The van der Waals surface area contributed by atoms with Crippen molar-refractivity contribution in [3.05, 3.63) is 23.9 Å². The van der Waals surface area contributed by atoms with Gasteiger partial charge in [-0.2, -0.15) is 0 Å². The van der Waals surface area contributed by atoms with Crippen molar-refractivity contribution < 1.29 is 9.90 Å². The van der Waals surface area contributed by atoms with Crippen LogP contribution >= 0.6 is 0 Å². The van der Waals surface area contributed by atoms with Gasteiger partial charge in [-0.1, -0.05) is 18.9 Å². The summed E-state index contributed by atoms with van der Waals surface area (Å²) in [5, 5.41) is 12.8. The summed E-state index contributed by atoms with van der Waals surface area (Å²) in [5.74, 6) is 0.482. The number of carbonyl (C=O) groups is 1. The molecule has 1 saturated carbocycles. The predicted octanol–water partition coefficient (Wildman–Crippen LogP) is 1.56. The Morgan fingerprint density at radius 2 is 2.20 bits per heavy atom. The van der Waals surface area contributed by atoms with E-state index in [1.165, 1.54) is 0 Å². The monoisotopic (exact) mass is 277 g/mol. The maximum absolute atomic E-state index is 12.0. The van der Waals surface area contributed by atoms with Gasteiger partial charge in [0.15, 0.2) is 0 Å². The van der Waals surface area contributed by atoms with Gasteiger partial charge in [0.1, 0.15) is 5.82 Å². The summed E-state index contributed by atoms with van der Waals surface area (Å²) >= 11 is 0. The number of aliphatic hydroxyl groups is 1. The second-order valence-electron chi connectivity index (χ2n) is 5.55. The first-order valence-corrected chi connectivity index (χ1v) is 7.18. The standard InChI is InChI=1S/C15H23N3O2/c1-11-6-5-9-14(16-11)17-15(20)10-18(2)12-7-3-4-8-13(12)19/h5-6,9,12-13,19H,3-4,7-8,10H2,1-2H3,(H,16,17,20). The summed E-state index contributed by atoms with van der Waals surface area (Å²) in [6, 6.07) is 5.62. The van der Waals surface area contributed by atoms with Gasteiger partial charge in [-0.25, -0.2) is 4.98 Å². The molecule has 1 heterocycles. The van der Waals surface area contributed by atoms with Crippen molar-refractivity contribution in [1.82, 2.24) is 9.88 Å². The maximum Gasteiger partial charge on any atom is 0.239 e. The number of nitrogens with zero attached hydrogens (tertiary/aromatic N) is 2. The lowest BCUT2D eigenvalue weighted by Crippen LogP contribution is -2.46. The van der Waals surface area contributed by atoms with E-state index in [9.17, 15) is 9.90 Å². The number of carbonyl (C=O) groups excluding carboxylic acids is 1. The van der Waals surface area contributed by atoms with Gasteiger partial charge in [-0.15, -0.1) is 0 Å². The lowest BCUT2D eigenvalue weighted by molar-refractivity contribution is -0.118. The van der Waals surface area contributed by atoms with E-state index in [-0.39, 0.29) is 24.6 Å². The van der Waals surface area contributed by atoms with Gasteiger partial charge in [-0.05, 0) is 38.9 Å². The van der Waals surface area contributed by atoms with Crippen LogP contribution in [0.2, 0.25) is 0 Å². The zero-order chi connectivity index (χ0) is 14.5. The van der Waals surface area contributed by atoms with Crippen LogP contribution in [0.3, 0.4) is 0 Å². The number of amides is 1. The largest absolute Gasteiger partial charge is 0.391 e. The molecule has 2 atom stereocenters. The molecule has 5 heteroatoms. The van der Waals surface area contributed by atoms with Crippen molar-refractivity contribution in [2.24, 2.45) is 0 Å². The molecule has 0 aromatic carbocycles. The molecule has 0 saturated heterocycles. The summed E-state index contributed by atoms with van der Waals surface area (Å²) in [6.45, 7) is 2.16. The number of anilines is 1.